The van der Waals surface area contributed by atoms with E-state index in [9.17, 15) is 4.79 Å². The molecule has 4 nitrogen and oxygen atoms in total. The lowest BCUT2D eigenvalue weighted by Gasteiger charge is -2.05. The smallest absolute Gasteiger partial charge is 0.179 e. The van der Waals surface area contributed by atoms with E-state index in [1.54, 1.807) is 17.1 Å². The number of carbonyl (C=O) groups is 1. The Labute approximate surface area is 114 Å². The molecule has 0 spiro atoms. The van der Waals surface area contributed by atoms with Crippen molar-refractivity contribution < 1.29 is 4.79 Å². The lowest BCUT2D eigenvalue weighted by molar-refractivity contribution is 0.0995. The van der Waals surface area contributed by atoms with Gasteiger partial charge in [0.05, 0.1) is 28.8 Å². The normalized spacial score (nSPS) is 12.4. The summed E-state index contributed by atoms with van der Waals surface area (Å²) < 4.78 is 1.80. The summed E-state index contributed by atoms with van der Waals surface area (Å²) in [7, 11) is 0. The SMILES string of the molecule is Cc1c(C(=O)C(C)Br)cnn1Cc1ccccn1. The fraction of sp³-hybridized carbons (Fsp3) is 0.308. The highest BCUT2D eigenvalue weighted by atomic mass is 79.9. The van der Waals surface area contributed by atoms with E-state index in [-0.39, 0.29) is 10.6 Å². The number of nitrogens with zero attached hydrogens (tertiary/aromatic N) is 3. The Morgan fingerprint density at radius 1 is 1.50 bits per heavy atom. The molecule has 0 aliphatic carbocycles. The van der Waals surface area contributed by atoms with Crippen molar-refractivity contribution >= 4 is 21.7 Å². The van der Waals surface area contributed by atoms with E-state index in [0.29, 0.717) is 12.1 Å². The molecule has 0 aliphatic rings. The van der Waals surface area contributed by atoms with E-state index >= 15 is 0 Å². The maximum Gasteiger partial charge on any atom is 0.179 e. The quantitative estimate of drug-likeness (QED) is 0.644. The number of alkyl halides is 1. The topological polar surface area (TPSA) is 47.8 Å². The Kier molecular flexibility index (Phi) is 3.91. The molecular weight excluding hydrogens is 294 g/mol. The van der Waals surface area contributed by atoms with Gasteiger partial charge in [-0.1, -0.05) is 22.0 Å². The Morgan fingerprint density at radius 2 is 2.28 bits per heavy atom. The minimum atomic E-state index is -0.191. The first kappa shape index (κ1) is 13.0. The van der Waals surface area contributed by atoms with Crippen LogP contribution in [0.2, 0.25) is 0 Å². The van der Waals surface area contributed by atoms with Crippen LogP contribution in [0.1, 0.15) is 28.7 Å². The monoisotopic (exact) mass is 307 g/mol. The first-order valence-corrected chi connectivity index (χ1v) is 6.61. The van der Waals surface area contributed by atoms with Gasteiger partial charge in [-0.3, -0.25) is 14.5 Å². The minimum absolute atomic E-state index is 0.0553. The fourth-order valence-electron chi connectivity index (χ4n) is 1.71. The average molecular weight is 308 g/mol. The van der Waals surface area contributed by atoms with Crippen LogP contribution in [0.4, 0.5) is 0 Å². The van der Waals surface area contributed by atoms with Crippen LogP contribution in [0.25, 0.3) is 0 Å². The number of ketones is 1. The summed E-state index contributed by atoms with van der Waals surface area (Å²) in [6.07, 6.45) is 3.37. The van der Waals surface area contributed by atoms with Crippen LogP contribution in [0.15, 0.2) is 30.6 Å². The van der Waals surface area contributed by atoms with E-state index in [2.05, 4.69) is 26.0 Å². The van der Waals surface area contributed by atoms with Crippen LogP contribution in [0, 0.1) is 6.92 Å². The first-order chi connectivity index (χ1) is 8.59. The first-order valence-electron chi connectivity index (χ1n) is 5.70. The third kappa shape index (κ3) is 2.67. The summed E-state index contributed by atoms with van der Waals surface area (Å²) in [6.45, 7) is 4.30. The Morgan fingerprint density at radius 3 is 2.89 bits per heavy atom. The van der Waals surface area contributed by atoms with Crippen molar-refractivity contribution in [2.45, 2.75) is 25.2 Å². The van der Waals surface area contributed by atoms with Crippen LogP contribution in [0.5, 0.6) is 0 Å². The molecule has 2 aromatic heterocycles. The predicted molar refractivity (Wildman–Crippen MR) is 73.0 cm³/mol. The van der Waals surface area contributed by atoms with Crippen molar-refractivity contribution in [3.8, 4) is 0 Å². The van der Waals surface area contributed by atoms with Gasteiger partial charge in [0.2, 0.25) is 0 Å². The number of carbonyl (C=O) groups excluding carboxylic acids is 1. The molecular formula is C13H14BrN3O. The van der Waals surface area contributed by atoms with Crippen LogP contribution < -0.4 is 0 Å². The molecule has 2 aromatic rings. The van der Waals surface area contributed by atoms with Gasteiger partial charge in [0.25, 0.3) is 0 Å². The van der Waals surface area contributed by atoms with Gasteiger partial charge < -0.3 is 0 Å². The molecule has 0 aromatic carbocycles. The third-order valence-electron chi connectivity index (χ3n) is 2.77. The number of hydrogen-bond acceptors (Lipinski definition) is 3. The lowest BCUT2D eigenvalue weighted by atomic mass is 10.1. The summed E-state index contributed by atoms with van der Waals surface area (Å²) in [5, 5.41) is 4.25. The van der Waals surface area contributed by atoms with E-state index in [1.807, 2.05) is 32.0 Å². The molecule has 0 radical (unpaired) electrons. The van der Waals surface area contributed by atoms with Crippen molar-refractivity contribution in [1.29, 1.82) is 0 Å². The largest absolute Gasteiger partial charge is 0.293 e. The van der Waals surface area contributed by atoms with Crippen molar-refractivity contribution in [2.75, 3.05) is 0 Å². The zero-order valence-electron chi connectivity index (χ0n) is 10.3. The van der Waals surface area contributed by atoms with Gasteiger partial charge in [-0.2, -0.15) is 5.10 Å². The fourth-order valence-corrected chi connectivity index (χ4v) is 1.95. The van der Waals surface area contributed by atoms with Gasteiger partial charge in [0.15, 0.2) is 5.78 Å². The number of pyridine rings is 1. The predicted octanol–water partition coefficient (Wildman–Crippen LogP) is 2.60. The highest BCUT2D eigenvalue weighted by molar-refractivity contribution is 9.10. The minimum Gasteiger partial charge on any atom is -0.293 e. The highest BCUT2D eigenvalue weighted by Crippen LogP contribution is 2.14. The van der Waals surface area contributed by atoms with Crippen molar-refractivity contribution in [3.63, 3.8) is 0 Å². The molecule has 0 saturated heterocycles. The third-order valence-corrected chi connectivity index (χ3v) is 3.18. The second kappa shape index (κ2) is 5.44. The molecule has 0 N–H and O–H groups in total. The van der Waals surface area contributed by atoms with E-state index in [0.717, 1.165) is 11.4 Å². The van der Waals surface area contributed by atoms with Gasteiger partial charge in [-0.05, 0) is 26.0 Å². The lowest BCUT2D eigenvalue weighted by Crippen LogP contribution is -2.12. The molecule has 0 saturated carbocycles. The van der Waals surface area contributed by atoms with Crippen LogP contribution in [-0.4, -0.2) is 25.4 Å². The van der Waals surface area contributed by atoms with Crippen LogP contribution >= 0.6 is 15.9 Å². The molecule has 0 bridgehead atoms. The summed E-state index contributed by atoms with van der Waals surface area (Å²) in [6, 6.07) is 5.75. The summed E-state index contributed by atoms with van der Waals surface area (Å²) in [5.41, 5.74) is 2.46. The molecule has 0 fully saturated rings. The highest BCUT2D eigenvalue weighted by Gasteiger charge is 2.18. The molecule has 1 atom stereocenters. The van der Waals surface area contributed by atoms with Gasteiger partial charge in [-0.15, -0.1) is 0 Å². The number of aromatic nitrogens is 3. The maximum atomic E-state index is 11.9. The van der Waals surface area contributed by atoms with E-state index < -0.39 is 0 Å². The molecule has 2 rings (SSSR count). The van der Waals surface area contributed by atoms with E-state index in [4.69, 9.17) is 0 Å². The number of halogens is 1. The number of rotatable bonds is 4. The molecule has 2 heterocycles. The van der Waals surface area contributed by atoms with Crippen molar-refractivity contribution in [2.24, 2.45) is 0 Å². The molecule has 0 aliphatic heterocycles. The Hall–Kier alpha value is -1.49. The Balaban J connectivity index is 2.24. The Bertz CT molecular complexity index is 549. The number of Topliss-reactive ketones (excluding diaryl/α,β-unsaturated/α-hetero) is 1. The zero-order chi connectivity index (χ0) is 13.1. The molecule has 1 unspecified atom stereocenters. The van der Waals surface area contributed by atoms with Crippen LogP contribution in [0.3, 0.4) is 0 Å². The van der Waals surface area contributed by atoms with Gasteiger partial charge in [0, 0.05) is 11.9 Å². The van der Waals surface area contributed by atoms with Crippen molar-refractivity contribution in [1.82, 2.24) is 14.8 Å². The molecule has 0 amide bonds. The average Bonchev–Trinajstić information content (AvgIpc) is 2.71. The summed E-state index contributed by atoms with van der Waals surface area (Å²) in [4.78, 5) is 16.0. The standard InChI is InChI=1S/C13H14BrN3O/c1-9(14)13(18)12-7-16-17(10(12)2)8-11-5-3-4-6-15-11/h3-7,9H,8H2,1-2H3. The molecule has 5 heteroatoms. The second-order valence-corrected chi connectivity index (χ2v) is 5.48. The molecule has 94 valence electrons. The molecule has 18 heavy (non-hydrogen) atoms. The van der Waals surface area contributed by atoms with Crippen molar-refractivity contribution in [3.05, 3.63) is 47.5 Å². The summed E-state index contributed by atoms with van der Waals surface area (Å²) >= 11 is 3.29. The van der Waals surface area contributed by atoms with Crippen LogP contribution in [-0.2, 0) is 6.54 Å². The zero-order valence-corrected chi connectivity index (χ0v) is 11.9. The van der Waals surface area contributed by atoms with Gasteiger partial charge >= 0.3 is 0 Å². The number of hydrogen-bond donors (Lipinski definition) is 0. The van der Waals surface area contributed by atoms with Gasteiger partial charge in [-0.25, -0.2) is 0 Å². The van der Waals surface area contributed by atoms with Gasteiger partial charge in [0.1, 0.15) is 0 Å². The maximum absolute atomic E-state index is 11.9. The van der Waals surface area contributed by atoms with E-state index in [1.165, 1.54) is 0 Å². The summed E-state index contributed by atoms with van der Waals surface area (Å²) in [5.74, 6) is 0.0553. The second-order valence-electron chi connectivity index (χ2n) is 4.10.